The minimum absolute atomic E-state index is 0.0329. The van der Waals surface area contributed by atoms with Gasteiger partial charge in [-0.1, -0.05) is 107 Å². The van der Waals surface area contributed by atoms with Crippen LogP contribution in [-0.2, 0) is 9.59 Å². The van der Waals surface area contributed by atoms with Gasteiger partial charge in [-0.3, -0.25) is 14.5 Å². The average Bonchev–Trinajstić information content (AvgIpc) is 3.50. The second-order valence-corrected chi connectivity index (χ2v) is 12.9. The second kappa shape index (κ2) is 15.3. The van der Waals surface area contributed by atoms with Crippen molar-refractivity contribution in [2.24, 2.45) is 0 Å². The quantitative estimate of drug-likeness (QED) is 0.106. The molecule has 1 aliphatic heterocycles. The van der Waals surface area contributed by atoms with E-state index in [1.807, 2.05) is 47.3 Å². The lowest BCUT2D eigenvalue weighted by molar-refractivity contribution is -0.137. The summed E-state index contributed by atoms with van der Waals surface area (Å²) >= 11 is 7.00. The van der Waals surface area contributed by atoms with E-state index in [9.17, 15) is 9.59 Å². The van der Waals surface area contributed by atoms with Gasteiger partial charge in [-0.2, -0.15) is 5.10 Å². The molecule has 6 nitrogen and oxygen atoms in total. The van der Waals surface area contributed by atoms with E-state index in [1.54, 1.807) is 4.90 Å². The summed E-state index contributed by atoms with van der Waals surface area (Å²) < 4.78 is 2.50. The molecule has 2 heterocycles. The number of para-hydroxylation sites is 1. The number of carboxylic acid groups (broad SMARTS) is 1. The molecule has 0 saturated carbocycles. The third-order valence-electron chi connectivity index (χ3n) is 7.63. The number of aliphatic carboxylic acids is 1. The van der Waals surface area contributed by atoms with Gasteiger partial charge in [-0.05, 0) is 61.1 Å². The van der Waals surface area contributed by atoms with E-state index in [0.29, 0.717) is 21.7 Å². The number of rotatable bonds is 15. The number of benzene rings is 2. The lowest BCUT2D eigenvalue weighted by Crippen LogP contribution is -2.29. The molecule has 1 saturated heterocycles. The molecule has 2 aromatic carbocycles. The van der Waals surface area contributed by atoms with E-state index in [4.69, 9.17) is 22.4 Å². The number of thioether (sulfide) groups is 1. The van der Waals surface area contributed by atoms with Crippen LogP contribution in [0.2, 0.25) is 0 Å². The van der Waals surface area contributed by atoms with E-state index >= 15 is 0 Å². The molecule has 0 aliphatic carbocycles. The highest BCUT2D eigenvalue weighted by Crippen LogP contribution is 2.36. The highest BCUT2D eigenvalue weighted by Gasteiger charge is 2.32. The SMILES string of the molecule is Cc1ccc(C(C)C)cc1-c1nn(-c2ccccc2)cc1/C=C1\SC(=S)N(CCCCCCCCCCC(=O)O)C1=O. The van der Waals surface area contributed by atoms with Crippen molar-refractivity contribution in [3.05, 3.63) is 76.3 Å². The molecule has 0 atom stereocenters. The summed E-state index contributed by atoms with van der Waals surface area (Å²) in [7, 11) is 0. The number of thiocarbonyl (C=S) groups is 1. The van der Waals surface area contributed by atoms with Crippen molar-refractivity contribution in [3.8, 4) is 16.9 Å². The summed E-state index contributed by atoms with van der Waals surface area (Å²) in [6.07, 6.45) is 12.4. The number of hydrogen-bond donors (Lipinski definition) is 1. The molecule has 222 valence electrons. The number of carbonyl (C=O) groups excluding carboxylic acids is 1. The number of hydrogen-bond acceptors (Lipinski definition) is 5. The van der Waals surface area contributed by atoms with Gasteiger partial charge in [0.2, 0.25) is 0 Å². The molecule has 0 radical (unpaired) electrons. The van der Waals surface area contributed by atoms with E-state index in [1.165, 1.54) is 17.3 Å². The zero-order valence-corrected chi connectivity index (χ0v) is 26.5. The first-order valence-electron chi connectivity index (χ1n) is 15.0. The largest absolute Gasteiger partial charge is 0.481 e. The van der Waals surface area contributed by atoms with Gasteiger partial charge in [0.25, 0.3) is 5.91 Å². The molecule has 1 amide bonds. The Kier molecular flexibility index (Phi) is 11.5. The smallest absolute Gasteiger partial charge is 0.303 e. The Morgan fingerprint density at radius 3 is 2.33 bits per heavy atom. The van der Waals surface area contributed by atoms with Crippen LogP contribution in [0.4, 0.5) is 0 Å². The molecule has 4 rings (SSSR count). The third kappa shape index (κ3) is 8.42. The van der Waals surface area contributed by atoms with Crippen LogP contribution in [0, 0.1) is 6.92 Å². The minimum Gasteiger partial charge on any atom is -0.481 e. The van der Waals surface area contributed by atoms with Crippen molar-refractivity contribution in [2.45, 2.75) is 84.5 Å². The van der Waals surface area contributed by atoms with Gasteiger partial charge in [0.05, 0.1) is 10.6 Å². The summed E-state index contributed by atoms with van der Waals surface area (Å²) in [5.41, 5.74) is 6.17. The standard InChI is InChI=1S/C34H41N3O3S2/c1-24(2)26-19-18-25(3)29(21-26)32-27(23-37(35-32)28-15-11-10-12-16-28)22-30-33(40)36(34(41)42-30)20-14-9-7-5-4-6-8-13-17-31(38)39/h10-12,15-16,18-19,21-24H,4-9,13-14,17,20H2,1-3H3,(H,38,39)/b30-22-. The van der Waals surface area contributed by atoms with E-state index in [0.717, 1.165) is 79.4 Å². The number of carboxylic acids is 1. The highest BCUT2D eigenvalue weighted by molar-refractivity contribution is 8.26. The van der Waals surface area contributed by atoms with Crippen molar-refractivity contribution in [3.63, 3.8) is 0 Å². The Hall–Kier alpha value is -3.23. The molecule has 42 heavy (non-hydrogen) atoms. The second-order valence-electron chi connectivity index (χ2n) is 11.2. The maximum absolute atomic E-state index is 13.5. The van der Waals surface area contributed by atoms with Crippen molar-refractivity contribution >= 4 is 46.3 Å². The zero-order chi connectivity index (χ0) is 30.1. The van der Waals surface area contributed by atoms with Crippen molar-refractivity contribution in [1.82, 2.24) is 14.7 Å². The molecule has 8 heteroatoms. The third-order valence-corrected chi connectivity index (χ3v) is 9.01. The van der Waals surface area contributed by atoms with Crippen LogP contribution < -0.4 is 0 Å². The van der Waals surface area contributed by atoms with Crippen LogP contribution in [0.3, 0.4) is 0 Å². The van der Waals surface area contributed by atoms with Crippen molar-refractivity contribution in [1.29, 1.82) is 0 Å². The first-order chi connectivity index (χ1) is 20.2. The Bertz CT molecular complexity index is 1430. The van der Waals surface area contributed by atoms with Gasteiger partial charge in [0.15, 0.2) is 0 Å². The van der Waals surface area contributed by atoms with Crippen LogP contribution in [-0.4, -0.2) is 42.5 Å². The van der Waals surface area contributed by atoms with Gasteiger partial charge in [-0.25, -0.2) is 4.68 Å². The summed E-state index contributed by atoms with van der Waals surface area (Å²) in [6, 6.07) is 16.6. The van der Waals surface area contributed by atoms with Crippen LogP contribution in [0.25, 0.3) is 23.0 Å². The molecular weight excluding hydrogens is 563 g/mol. The molecular formula is C34H41N3O3S2. The molecule has 0 spiro atoms. The van der Waals surface area contributed by atoms with Gasteiger partial charge in [0.1, 0.15) is 10.0 Å². The molecule has 1 N–H and O–H groups in total. The highest BCUT2D eigenvalue weighted by atomic mass is 32.2. The fourth-order valence-electron chi connectivity index (χ4n) is 5.11. The predicted octanol–water partition coefficient (Wildman–Crippen LogP) is 8.77. The normalized spacial score (nSPS) is 14.5. The van der Waals surface area contributed by atoms with E-state index < -0.39 is 5.97 Å². The fraction of sp³-hybridized carbons (Fsp3) is 0.412. The number of aromatic nitrogens is 2. The molecule has 1 aliphatic rings. The lowest BCUT2D eigenvalue weighted by atomic mass is 9.95. The topological polar surface area (TPSA) is 75.4 Å². The van der Waals surface area contributed by atoms with Gasteiger partial charge in [0, 0.05) is 30.3 Å². The summed E-state index contributed by atoms with van der Waals surface area (Å²) in [5, 5.41) is 13.7. The lowest BCUT2D eigenvalue weighted by Gasteiger charge is -2.14. The first-order valence-corrected chi connectivity index (χ1v) is 16.2. The molecule has 0 bridgehead atoms. The zero-order valence-electron chi connectivity index (χ0n) is 24.8. The molecule has 0 unspecified atom stereocenters. The maximum atomic E-state index is 13.5. The average molecular weight is 604 g/mol. The van der Waals surface area contributed by atoms with E-state index in [-0.39, 0.29) is 12.3 Å². The number of amides is 1. The minimum atomic E-state index is -0.713. The van der Waals surface area contributed by atoms with Crippen LogP contribution in [0.5, 0.6) is 0 Å². The Morgan fingerprint density at radius 2 is 1.67 bits per heavy atom. The summed E-state index contributed by atoms with van der Waals surface area (Å²) in [6.45, 7) is 7.11. The number of unbranched alkanes of at least 4 members (excludes halogenated alkanes) is 7. The van der Waals surface area contributed by atoms with Crippen LogP contribution in [0.1, 0.15) is 94.2 Å². The first kappa shape index (κ1) is 31.7. The van der Waals surface area contributed by atoms with Gasteiger partial charge >= 0.3 is 5.97 Å². The molecule has 1 fully saturated rings. The predicted molar refractivity (Wildman–Crippen MR) is 177 cm³/mol. The summed E-state index contributed by atoms with van der Waals surface area (Å²) in [4.78, 5) is 26.4. The Morgan fingerprint density at radius 1 is 1.00 bits per heavy atom. The summed E-state index contributed by atoms with van der Waals surface area (Å²) in [5.74, 6) is -0.353. The van der Waals surface area contributed by atoms with Gasteiger partial charge in [-0.15, -0.1) is 0 Å². The van der Waals surface area contributed by atoms with Crippen molar-refractivity contribution < 1.29 is 14.7 Å². The van der Waals surface area contributed by atoms with Crippen LogP contribution >= 0.6 is 24.0 Å². The maximum Gasteiger partial charge on any atom is 0.303 e. The van der Waals surface area contributed by atoms with Crippen LogP contribution in [0.15, 0.2) is 59.6 Å². The number of carbonyl (C=O) groups is 2. The van der Waals surface area contributed by atoms with Crippen molar-refractivity contribution in [2.75, 3.05) is 6.54 Å². The fourth-order valence-corrected chi connectivity index (χ4v) is 6.41. The monoisotopic (exact) mass is 603 g/mol. The van der Waals surface area contributed by atoms with Gasteiger partial charge < -0.3 is 5.11 Å². The Balaban J connectivity index is 1.44. The Labute approximate surface area is 259 Å². The molecule has 3 aromatic rings. The number of aryl methyl sites for hydroxylation is 1. The molecule has 1 aromatic heterocycles. The number of nitrogens with zero attached hydrogens (tertiary/aromatic N) is 3. The van der Waals surface area contributed by atoms with E-state index in [2.05, 4.69) is 39.0 Å².